The van der Waals surface area contributed by atoms with Gasteiger partial charge in [-0.1, -0.05) is 19.3 Å². The Morgan fingerprint density at radius 1 is 1.32 bits per heavy atom. The Kier molecular flexibility index (Phi) is 4.99. The van der Waals surface area contributed by atoms with Crippen molar-refractivity contribution in [2.75, 3.05) is 27.2 Å². The number of hydrogen-bond acceptors (Lipinski definition) is 4. The number of hydrogen-bond donors (Lipinski definition) is 0. The lowest BCUT2D eigenvalue weighted by Crippen LogP contribution is -2.31. The van der Waals surface area contributed by atoms with E-state index in [-0.39, 0.29) is 5.97 Å². The van der Waals surface area contributed by atoms with Gasteiger partial charge in [-0.25, -0.2) is 4.79 Å². The average Bonchev–Trinajstić information content (AvgIpc) is 3.04. The number of ether oxygens (including phenoxy) is 1. The lowest BCUT2D eigenvalue weighted by molar-refractivity contribution is 0.0606. The highest BCUT2D eigenvalue weighted by Crippen LogP contribution is 2.39. The van der Waals surface area contributed by atoms with E-state index in [9.17, 15) is 4.79 Å². The quantitative estimate of drug-likeness (QED) is 0.782. The zero-order valence-electron chi connectivity index (χ0n) is 13.6. The second kappa shape index (κ2) is 6.97. The largest absolute Gasteiger partial charge is 0.465 e. The number of rotatable bonds is 3. The summed E-state index contributed by atoms with van der Waals surface area (Å²) in [7, 11) is 3.67. The number of esters is 1. The molecule has 2 heterocycles. The maximum Gasteiger partial charge on any atom is 0.348 e. The van der Waals surface area contributed by atoms with E-state index in [1.807, 2.05) is 5.38 Å². The standard InChI is InChI=1S/C18H25NO2S/c1-19-10-8-14(15-9-11-22-17(15)18(20)21-2)16(12-19)13-6-4-3-5-7-13/h9,11,13H,3-8,10,12H2,1-2H3. The normalized spacial score (nSPS) is 21.2. The van der Waals surface area contributed by atoms with Crippen molar-refractivity contribution in [1.29, 1.82) is 0 Å². The van der Waals surface area contributed by atoms with Crippen molar-refractivity contribution in [2.24, 2.45) is 5.92 Å². The summed E-state index contributed by atoms with van der Waals surface area (Å²) in [5, 5.41) is 2.02. The Hall–Kier alpha value is -1.13. The molecule has 2 aliphatic rings. The van der Waals surface area contributed by atoms with Crippen LogP contribution in [0.4, 0.5) is 0 Å². The van der Waals surface area contributed by atoms with Gasteiger partial charge >= 0.3 is 5.97 Å². The molecule has 0 spiro atoms. The Bertz CT molecular complexity index is 569. The Morgan fingerprint density at radius 3 is 2.82 bits per heavy atom. The van der Waals surface area contributed by atoms with E-state index in [0.29, 0.717) is 5.92 Å². The van der Waals surface area contributed by atoms with E-state index in [1.165, 1.54) is 56.1 Å². The number of nitrogens with zero attached hydrogens (tertiary/aromatic N) is 1. The molecule has 0 amide bonds. The summed E-state index contributed by atoms with van der Waals surface area (Å²) in [5.74, 6) is 0.510. The summed E-state index contributed by atoms with van der Waals surface area (Å²) in [6.45, 7) is 2.12. The van der Waals surface area contributed by atoms with E-state index in [1.54, 1.807) is 5.57 Å². The van der Waals surface area contributed by atoms with Gasteiger partial charge in [-0.15, -0.1) is 11.3 Å². The molecular formula is C18H25NO2S. The van der Waals surface area contributed by atoms with Gasteiger partial charge in [0.25, 0.3) is 0 Å². The summed E-state index contributed by atoms with van der Waals surface area (Å²) in [6.07, 6.45) is 7.73. The molecule has 1 aliphatic heterocycles. The Balaban J connectivity index is 2.00. The Labute approximate surface area is 137 Å². The van der Waals surface area contributed by atoms with Crippen LogP contribution in [0.2, 0.25) is 0 Å². The molecule has 0 atom stereocenters. The van der Waals surface area contributed by atoms with Crippen LogP contribution in [0.15, 0.2) is 17.0 Å². The van der Waals surface area contributed by atoms with Crippen molar-refractivity contribution >= 4 is 22.9 Å². The van der Waals surface area contributed by atoms with Crippen molar-refractivity contribution in [1.82, 2.24) is 4.90 Å². The molecule has 1 aliphatic carbocycles. The molecule has 22 heavy (non-hydrogen) atoms. The number of methoxy groups -OCH3 is 1. The first-order valence-corrected chi connectivity index (χ1v) is 9.15. The summed E-state index contributed by atoms with van der Waals surface area (Å²) in [4.78, 5) is 15.2. The molecule has 0 aromatic carbocycles. The van der Waals surface area contributed by atoms with Gasteiger partial charge in [-0.2, -0.15) is 0 Å². The smallest absolute Gasteiger partial charge is 0.348 e. The van der Waals surface area contributed by atoms with Crippen LogP contribution in [0.5, 0.6) is 0 Å². The van der Waals surface area contributed by atoms with Crippen molar-refractivity contribution in [3.8, 4) is 0 Å². The Morgan fingerprint density at radius 2 is 2.09 bits per heavy atom. The van der Waals surface area contributed by atoms with E-state index in [2.05, 4.69) is 18.0 Å². The minimum absolute atomic E-state index is 0.195. The molecule has 0 radical (unpaired) electrons. The van der Waals surface area contributed by atoms with Gasteiger partial charge in [-0.05, 0) is 54.8 Å². The van der Waals surface area contributed by atoms with Crippen LogP contribution in [0.1, 0.15) is 53.8 Å². The van der Waals surface area contributed by atoms with E-state index < -0.39 is 0 Å². The summed E-state index contributed by atoms with van der Waals surface area (Å²) >= 11 is 1.50. The fourth-order valence-corrected chi connectivity index (χ4v) is 4.70. The molecule has 1 saturated carbocycles. The molecule has 1 aromatic rings. The monoisotopic (exact) mass is 319 g/mol. The van der Waals surface area contributed by atoms with E-state index in [0.717, 1.165) is 30.0 Å². The van der Waals surface area contributed by atoms with Crippen LogP contribution in [-0.2, 0) is 4.74 Å². The van der Waals surface area contributed by atoms with Crippen LogP contribution in [0.25, 0.3) is 5.57 Å². The first-order valence-electron chi connectivity index (χ1n) is 8.27. The molecule has 1 fully saturated rings. The van der Waals surface area contributed by atoms with E-state index >= 15 is 0 Å². The van der Waals surface area contributed by atoms with Crippen LogP contribution in [0.3, 0.4) is 0 Å². The molecule has 0 N–H and O–H groups in total. The molecule has 1 aromatic heterocycles. The predicted molar refractivity (Wildman–Crippen MR) is 91.3 cm³/mol. The summed E-state index contributed by atoms with van der Waals surface area (Å²) < 4.78 is 4.97. The molecule has 3 nitrogen and oxygen atoms in total. The van der Waals surface area contributed by atoms with Gasteiger partial charge in [-0.3, -0.25) is 0 Å². The number of likely N-dealkylation sites (N-methyl/N-ethyl adjacent to an activating group) is 1. The number of carbonyl (C=O) groups is 1. The maximum atomic E-state index is 12.0. The lowest BCUT2D eigenvalue weighted by atomic mass is 9.78. The van der Waals surface area contributed by atoms with Gasteiger partial charge < -0.3 is 9.64 Å². The fourth-order valence-electron chi connectivity index (χ4n) is 3.86. The third-order valence-electron chi connectivity index (χ3n) is 5.03. The molecule has 0 bridgehead atoms. The summed E-state index contributed by atoms with van der Waals surface area (Å²) in [6, 6.07) is 2.11. The second-order valence-electron chi connectivity index (χ2n) is 6.48. The number of carbonyl (C=O) groups excluding carboxylic acids is 1. The zero-order valence-corrected chi connectivity index (χ0v) is 14.4. The van der Waals surface area contributed by atoms with Gasteiger partial charge in [0.15, 0.2) is 0 Å². The van der Waals surface area contributed by atoms with Crippen LogP contribution in [0, 0.1) is 5.92 Å². The fraction of sp³-hybridized carbons (Fsp3) is 0.611. The van der Waals surface area contributed by atoms with Crippen molar-refractivity contribution in [3.63, 3.8) is 0 Å². The van der Waals surface area contributed by atoms with Crippen molar-refractivity contribution in [3.05, 3.63) is 27.5 Å². The van der Waals surface area contributed by atoms with Gasteiger partial charge in [0.1, 0.15) is 4.88 Å². The first kappa shape index (κ1) is 15.8. The molecule has 120 valence electrons. The van der Waals surface area contributed by atoms with Crippen LogP contribution < -0.4 is 0 Å². The minimum atomic E-state index is -0.195. The van der Waals surface area contributed by atoms with E-state index in [4.69, 9.17) is 4.74 Å². The second-order valence-corrected chi connectivity index (χ2v) is 7.40. The van der Waals surface area contributed by atoms with Gasteiger partial charge in [0, 0.05) is 18.7 Å². The highest BCUT2D eigenvalue weighted by atomic mass is 32.1. The molecule has 3 rings (SSSR count). The third-order valence-corrected chi connectivity index (χ3v) is 5.92. The average molecular weight is 319 g/mol. The molecule has 0 saturated heterocycles. The van der Waals surface area contributed by atoms with Crippen LogP contribution >= 0.6 is 11.3 Å². The summed E-state index contributed by atoms with van der Waals surface area (Å²) in [5.41, 5.74) is 4.13. The number of thiophene rings is 1. The molecular weight excluding hydrogens is 294 g/mol. The molecule has 4 heteroatoms. The highest BCUT2D eigenvalue weighted by molar-refractivity contribution is 7.12. The molecule has 0 unspecified atom stereocenters. The van der Waals surface area contributed by atoms with Gasteiger partial charge in [0.2, 0.25) is 0 Å². The maximum absolute atomic E-state index is 12.0. The SMILES string of the molecule is COC(=O)c1sccc1C1=C(C2CCCCC2)CN(C)CC1. The lowest BCUT2D eigenvalue weighted by Gasteiger charge is -2.34. The first-order chi connectivity index (χ1) is 10.7. The van der Waals surface area contributed by atoms with Crippen LogP contribution in [-0.4, -0.2) is 38.1 Å². The van der Waals surface area contributed by atoms with Crippen molar-refractivity contribution < 1.29 is 9.53 Å². The predicted octanol–water partition coefficient (Wildman–Crippen LogP) is 4.20. The highest BCUT2D eigenvalue weighted by Gasteiger charge is 2.28. The zero-order chi connectivity index (χ0) is 15.5. The topological polar surface area (TPSA) is 29.5 Å². The minimum Gasteiger partial charge on any atom is -0.465 e. The third kappa shape index (κ3) is 3.13. The van der Waals surface area contributed by atoms with Gasteiger partial charge in [0.05, 0.1) is 7.11 Å². The van der Waals surface area contributed by atoms with Crippen molar-refractivity contribution in [2.45, 2.75) is 38.5 Å².